The van der Waals surface area contributed by atoms with Crippen molar-refractivity contribution in [2.24, 2.45) is 0 Å². The van der Waals surface area contributed by atoms with Crippen LogP contribution in [0.3, 0.4) is 0 Å². The molecule has 2 rings (SSSR count). The minimum Gasteiger partial charge on any atom is -0.250 e. The lowest BCUT2D eigenvalue weighted by molar-refractivity contribution is 0.575. The van der Waals surface area contributed by atoms with Gasteiger partial charge in [-0.3, -0.25) is 0 Å². The van der Waals surface area contributed by atoms with E-state index in [2.05, 4.69) is 50.2 Å². The molecular formula is C13H14N. The Hall–Kier alpha value is -1.37. The fraction of sp³-hybridized carbons (Fsp3) is 0.308. The quantitative estimate of drug-likeness (QED) is 0.612. The Kier molecular flexibility index (Phi) is 2.03. The molecule has 1 heterocycles. The minimum absolute atomic E-state index is 0.0807. The van der Waals surface area contributed by atoms with E-state index in [1.807, 2.05) is 12.1 Å². The maximum absolute atomic E-state index is 4.35. The monoisotopic (exact) mass is 184 g/mol. The topological polar surface area (TPSA) is 12.9 Å². The molecule has 0 atom stereocenters. The Labute approximate surface area is 84.8 Å². The molecule has 1 aromatic carbocycles. The van der Waals surface area contributed by atoms with Crippen LogP contribution < -0.4 is 0 Å². The first kappa shape index (κ1) is 9.20. The SMILES string of the molecule is CC(C)(C)c1n[c]cc2ccccc12. The molecule has 1 nitrogen and oxygen atoms in total. The smallest absolute Gasteiger partial charge is 0.0896 e. The van der Waals surface area contributed by atoms with Gasteiger partial charge in [-0.1, -0.05) is 45.0 Å². The molecule has 0 unspecified atom stereocenters. The van der Waals surface area contributed by atoms with E-state index in [4.69, 9.17) is 0 Å². The summed E-state index contributed by atoms with van der Waals surface area (Å²) in [6, 6.07) is 10.3. The van der Waals surface area contributed by atoms with Gasteiger partial charge in [0.15, 0.2) is 0 Å². The summed E-state index contributed by atoms with van der Waals surface area (Å²) in [4.78, 5) is 4.35. The first-order valence-corrected chi connectivity index (χ1v) is 4.85. The van der Waals surface area contributed by atoms with Crippen molar-refractivity contribution in [3.05, 3.63) is 42.2 Å². The second-order valence-electron chi connectivity index (χ2n) is 4.57. The van der Waals surface area contributed by atoms with Gasteiger partial charge in [-0.2, -0.15) is 0 Å². The van der Waals surface area contributed by atoms with Gasteiger partial charge >= 0.3 is 0 Å². The van der Waals surface area contributed by atoms with Gasteiger partial charge in [0.1, 0.15) is 0 Å². The minimum atomic E-state index is 0.0807. The average Bonchev–Trinajstić information content (AvgIpc) is 2.15. The second-order valence-corrected chi connectivity index (χ2v) is 4.57. The van der Waals surface area contributed by atoms with Crippen LogP contribution in [0.5, 0.6) is 0 Å². The third-order valence-electron chi connectivity index (χ3n) is 2.32. The number of hydrogen-bond donors (Lipinski definition) is 0. The maximum Gasteiger partial charge on any atom is 0.0896 e. The molecule has 1 aromatic heterocycles. The fourth-order valence-corrected chi connectivity index (χ4v) is 1.64. The molecule has 0 amide bonds. The fourth-order valence-electron chi connectivity index (χ4n) is 1.64. The molecule has 0 saturated heterocycles. The molecule has 1 radical (unpaired) electrons. The molecule has 0 N–H and O–H groups in total. The van der Waals surface area contributed by atoms with Crippen molar-refractivity contribution in [3.8, 4) is 0 Å². The molecule has 71 valence electrons. The lowest BCUT2D eigenvalue weighted by Gasteiger charge is -2.19. The predicted molar refractivity (Wildman–Crippen MR) is 59.3 cm³/mol. The molecule has 0 aliphatic rings. The number of nitrogens with zero attached hydrogens (tertiary/aromatic N) is 1. The molecule has 0 fully saturated rings. The number of pyridine rings is 1. The standard InChI is InChI=1S/C13H14N/c1-13(2,3)12-11-7-5-4-6-10(11)8-9-14-12/h4-8H,1-3H3. The van der Waals surface area contributed by atoms with Crippen molar-refractivity contribution < 1.29 is 0 Å². The normalized spacial score (nSPS) is 11.9. The highest BCUT2D eigenvalue weighted by Gasteiger charge is 2.17. The van der Waals surface area contributed by atoms with Gasteiger partial charge in [-0.05, 0) is 11.5 Å². The molecule has 0 aliphatic heterocycles. The van der Waals surface area contributed by atoms with Gasteiger partial charge in [-0.25, -0.2) is 4.98 Å². The largest absolute Gasteiger partial charge is 0.250 e. The Morgan fingerprint density at radius 1 is 1.14 bits per heavy atom. The van der Waals surface area contributed by atoms with Crippen LogP contribution in [-0.4, -0.2) is 4.98 Å². The van der Waals surface area contributed by atoms with Crippen LogP contribution in [-0.2, 0) is 5.41 Å². The zero-order valence-corrected chi connectivity index (χ0v) is 8.83. The van der Waals surface area contributed by atoms with Crippen molar-refractivity contribution in [3.63, 3.8) is 0 Å². The highest BCUT2D eigenvalue weighted by atomic mass is 14.7. The Bertz CT molecular complexity index is 447. The van der Waals surface area contributed by atoms with Crippen LogP contribution in [0, 0.1) is 6.20 Å². The first-order valence-electron chi connectivity index (χ1n) is 4.85. The van der Waals surface area contributed by atoms with Crippen LogP contribution in [0.2, 0.25) is 0 Å². The summed E-state index contributed by atoms with van der Waals surface area (Å²) < 4.78 is 0. The van der Waals surface area contributed by atoms with E-state index in [0.29, 0.717) is 0 Å². The molecule has 0 saturated carbocycles. The van der Waals surface area contributed by atoms with Crippen LogP contribution >= 0.6 is 0 Å². The number of aromatic nitrogens is 1. The number of rotatable bonds is 0. The van der Waals surface area contributed by atoms with Crippen LogP contribution in [0.4, 0.5) is 0 Å². The maximum atomic E-state index is 4.35. The summed E-state index contributed by atoms with van der Waals surface area (Å²) in [6.45, 7) is 6.53. The van der Waals surface area contributed by atoms with Gasteiger partial charge in [0.25, 0.3) is 0 Å². The predicted octanol–water partition coefficient (Wildman–Crippen LogP) is 3.33. The third kappa shape index (κ3) is 1.50. The zero-order valence-electron chi connectivity index (χ0n) is 8.83. The first-order chi connectivity index (χ1) is 6.59. The molecular weight excluding hydrogens is 170 g/mol. The van der Waals surface area contributed by atoms with E-state index >= 15 is 0 Å². The van der Waals surface area contributed by atoms with Crippen LogP contribution in [0.25, 0.3) is 10.8 Å². The van der Waals surface area contributed by atoms with E-state index < -0.39 is 0 Å². The lowest BCUT2D eigenvalue weighted by Crippen LogP contribution is -2.13. The van der Waals surface area contributed by atoms with E-state index in [9.17, 15) is 0 Å². The van der Waals surface area contributed by atoms with Crippen molar-refractivity contribution >= 4 is 10.8 Å². The molecule has 14 heavy (non-hydrogen) atoms. The Balaban J connectivity index is 2.78. The summed E-state index contributed by atoms with van der Waals surface area (Å²) in [5, 5.41) is 2.45. The van der Waals surface area contributed by atoms with Gasteiger partial charge in [-0.15, -0.1) is 0 Å². The van der Waals surface area contributed by atoms with Crippen molar-refractivity contribution in [2.45, 2.75) is 26.2 Å². The van der Waals surface area contributed by atoms with E-state index in [1.165, 1.54) is 10.8 Å². The molecule has 0 bridgehead atoms. The van der Waals surface area contributed by atoms with E-state index in [0.717, 1.165) is 5.69 Å². The lowest BCUT2D eigenvalue weighted by atomic mass is 9.88. The van der Waals surface area contributed by atoms with Crippen molar-refractivity contribution in [1.29, 1.82) is 0 Å². The zero-order chi connectivity index (χ0) is 10.2. The molecule has 2 aromatic rings. The summed E-state index contributed by atoms with van der Waals surface area (Å²) in [6.07, 6.45) is 2.96. The van der Waals surface area contributed by atoms with Crippen LogP contribution in [0.15, 0.2) is 30.3 Å². The summed E-state index contributed by atoms with van der Waals surface area (Å²) in [7, 11) is 0. The summed E-state index contributed by atoms with van der Waals surface area (Å²) >= 11 is 0. The average molecular weight is 184 g/mol. The third-order valence-corrected chi connectivity index (χ3v) is 2.32. The van der Waals surface area contributed by atoms with Gasteiger partial charge in [0, 0.05) is 10.8 Å². The Morgan fingerprint density at radius 3 is 2.57 bits per heavy atom. The number of hydrogen-bond acceptors (Lipinski definition) is 1. The van der Waals surface area contributed by atoms with Crippen molar-refractivity contribution in [2.75, 3.05) is 0 Å². The molecule has 0 spiro atoms. The molecule has 0 aliphatic carbocycles. The van der Waals surface area contributed by atoms with E-state index in [-0.39, 0.29) is 5.41 Å². The second kappa shape index (κ2) is 3.09. The van der Waals surface area contributed by atoms with E-state index in [1.54, 1.807) is 0 Å². The summed E-state index contributed by atoms with van der Waals surface area (Å²) in [5.41, 5.74) is 1.20. The number of fused-ring (bicyclic) bond motifs is 1. The molecule has 1 heteroatoms. The van der Waals surface area contributed by atoms with Gasteiger partial charge in [0.2, 0.25) is 0 Å². The highest BCUT2D eigenvalue weighted by Crippen LogP contribution is 2.27. The Morgan fingerprint density at radius 2 is 1.86 bits per heavy atom. The van der Waals surface area contributed by atoms with Crippen molar-refractivity contribution in [1.82, 2.24) is 4.98 Å². The summed E-state index contributed by atoms with van der Waals surface area (Å²) in [5.74, 6) is 0. The van der Waals surface area contributed by atoms with Gasteiger partial charge in [0.05, 0.1) is 11.9 Å². The van der Waals surface area contributed by atoms with Crippen LogP contribution in [0.1, 0.15) is 26.5 Å². The highest BCUT2D eigenvalue weighted by molar-refractivity contribution is 5.84. The number of benzene rings is 1. The van der Waals surface area contributed by atoms with Gasteiger partial charge < -0.3 is 0 Å².